The molecule has 3 rings (SSSR count). The van der Waals surface area contributed by atoms with E-state index < -0.39 is 11.7 Å². The summed E-state index contributed by atoms with van der Waals surface area (Å²) in [4.78, 5) is 20.6. The van der Waals surface area contributed by atoms with E-state index in [1.807, 2.05) is 12.1 Å². The molecular formula is C20H20ClFN4O3S. The smallest absolute Gasteiger partial charge is 0.243 e. The van der Waals surface area contributed by atoms with E-state index in [-0.39, 0.29) is 11.4 Å². The van der Waals surface area contributed by atoms with Crippen LogP contribution >= 0.6 is 23.4 Å². The predicted molar refractivity (Wildman–Crippen MR) is 115 cm³/mol. The molecule has 0 aliphatic rings. The first-order chi connectivity index (χ1) is 14.5. The molecule has 0 atom stereocenters. The number of anilines is 2. The monoisotopic (exact) mass is 450 g/mol. The molecule has 0 radical (unpaired) electrons. The Kier molecular flexibility index (Phi) is 7.67. The van der Waals surface area contributed by atoms with Gasteiger partial charge >= 0.3 is 0 Å². The Hall–Kier alpha value is -2.62. The zero-order valence-electron chi connectivity index (χ0n) is 16.1. The largest absolute Gasteiger partial charge is 0.496 e. The molecule has 3 N–H and O–H groups in total. The zero-order chi connectivity index (χ0) is 21.5. The van der Waals surface area contributed by atoms with Gasteiger partial charge in [-0.25, -0.2) is 19.8 Å². The second-order valence-electron chi connectivity index (χ2n) is 6.34. The van der Waals surface area contributed by atoms with Gasteiger partial charge in [-0.2, -0.15) is 0 Å². The van der Waals surface area contributed by atoms with Crippen molar-refractivity contribution in [2.24, 2.45) is 0 Å². The lowest BCUT2D eigenvalue weighted by atomic mass is 10.2. The van der Waals surface area contributed by atoms with Crippen LogP contribution in [0.1, 0.15) is 19.3 Å². The average molecular weight is 451 g/mol. The van der Waals surface area contributed by atoms with Crippen LogP contribution in [0.2, 0.25) is 5.02 Å². The number of hydrogen-bond acceptors (Lipinski definition) is 7. The van der Waals surface area contributed by atoms with Crippen molar-refractivity contribution >= 4 is 51.7 Å². The van der Waals surface area contributed by atoms with Gasteiger partial charge in [-0.15, -0.1) is 11.8 Å². The van der Waals surface area contributed by atoms with Crippen LogP contribution in [0, 0.1) is 5.82 Å². The fourth-order valence-electron chi connectivity index (χ4n) is 2.77. The molecule has 10 heteroatoms. The second-order valence-corrected chi connectivity index (χ2v) is 7.88. The molecule has 0 unspecified atom stereocenters. The first-order valence-corrected chi connectivity index (χ1v) is 10.5. The number of nitrogens with zero attached hydrogens (tertiary/aromatic N) is 2. The topological polar surface area (TPSA) is 96.4 Å². The number of hydroxylamine groups is 1. The summed E-state index contributed by atoms with van der Waals surface area (Å²) in [5.74, 6) is 1.14. The van der Waals surface area contributed by atoms with Gasteiger partial charge in [0.05, 0.1) is 22.5 Å². The van der Waals surface area contributed by atoms with Crippen molar-refractivity contribution in [3.63, 3.8) is 0 Å². The quantitative estimate of drug-likeness (QED) is 0.184. The van der Waals surface area contributed by atoms with Crippen molar-refractivity contribution in [1.82, 2.24) is 15.4 Å². The van der Waals surface area contributed by atoms with Crippen LogP contribution in [0.25, 0.3) is 10.9 Å². The fourth-order valence-corrected chi connectivity index (χ4v) is 4.01. The van der Waals surface area contributed by atoms with Crippen LogP contribution in [0.3, 0.4) is 0 Å². The van der Waals surface area contributed by atoms with E-state index in [1.54, 1.807) is 30.4 Å². The fraction of sp³-hybridized carbons (Fsp3) is 0.250. The average Bonchev–Trinajstić information content (AvgIpc) is 2.75. The standard InChI is InChI=1S/C20H20ClFN4O3S/c1-29-17-10-16-13(9-18(17)30-7-3-2-4-19(27)26-28)20(24-11-23-16)25-12-5-6-15(22)14(21)8-12/h5-6,8-11,28H,2-4,7H2,1H3,(H,26,27)(H,23,24,25). The molecule has 0 spiro atoms. The summed E-state index contributed by atoms with van der Waals surface area (Å²) in [7, 11) is 1.59. The lowest BCUT2D eigenvalue weighted by molar-refractivity contribution is -0.129. The molecule has 0 aliphatic carbocycles. The number of amides is 1. The molecule has 0 saturated carbocycles. The number of unbranched alkanes of at least 4 members (excludes halogenated alkanes) is 1. The van der Waals surface area contributed by atoms with Crippen LogP contribution in [-0.4, -0.2) is 33.9 Å². The maximum atomic E-state index is 13.4. The van der Waals surface area contributed by atoms with Crippen molar-refractivity contribution in [3.8, 4) is 5.75 Å². The van der Waals surface area contributed by atoms with Gasteiger partial charge in [0.25, 0.3) is 0 Å². The Morgan fingerprint density at radius 3 is 2.83 bits per heavy atom. The Balaban J connectivity index is 1.80. The number of ether oxygens (including phenoxy) is 1. The summed E-state index contributed by atoms with van der Waals surface area (Å²) < 4.78 is 18.9. The van der Waals surface area contributed by atoms with Gasteiger partial charge in [-0.3, -0.25) is 10.0 Å². The summed E-state index contributed by atoms with van der Waals surface area (Å²) in [5.41, 5.74) is 2.93. The Morgan fingerprint density at radius 2 is 2.10 bits per heavy atom. The molecule has 2 aromatic carbocycles. The summed E-state index contributed by atoms with van der Waals surface area (Å²) in [6, 6.07) is 8.13. The van der Waals surface area contributed by atoms with Crippen LogP contribution in [0.5, 0.6) is 5.75 Å². The first-order valence-electron chi connectivity index (χ1n) is 9.12. The molecule has 7 nitrogen and oxygen atoms in total. The van der Waals surface area contributed by atoms with E-state index in [2.05, 4.69) is 15.3 Å². The Bertz CT molecular complexity index is 1050. The molecule has 0 fully saturated rings. The van der Waals surface area contributed by atoms with Crippen LogP contribution in [0.4, 0.5) is 15.9 Å². The SMILES string of the molecule is COc1cc2ncnc(Nc3ccc(F)c(Cl)c3)c2cc1SCCCCC(=O)NO. The molecule has 1 amide bonds. The second kappa shape index (κ2) is 10.4. The highest BCUT2D eigenvalue weighted by molar-refractivity contribution is 7.99. The van der Waals surface area contributed by atoms with Crippen molar-refractivity contribution in [1.29, 1.82) is 0 Å². The van der Waals surface area contributed by atoms with E-state index in [1.165, 1.54) is 18.5 Å². The number of benzene rings is 2. The van der Waals surface area contributed by atoms with Crippen LogP contribution < -0.4 is 15.5 Å². The van der Waals surface area contributed by atoms with Crippen molar-refractivity contribution in [3.05, 3.63) is 47.5 Å². The Morgan fingerprint density at radius 1 is 1.27 bits per heavy atom. The number of hydrogen-bond donors (Lipinski definition) is 3. The van der Waals surface area contributed by atoms with Crippen LogP contribution in [0.15, 0.2) is 41.6 Å². The van der Waals surface area contributed by atoms with Gasteiger partial charge in [-0.1, -0.05) is 11.6 Å². The van der Waals surface area contributed by atoms with Gasteiger partial charge < -0.3 is 10.1 Å². The maximum Gasteiger partial charge on any atom is 0.243 e. The lowest BCUT2D eigenvalue weighted by Gasteiger charge is -2.13. The maximum absolute atomic E-state index is 13.4. The molecular weight excluding hydrogens is 431 g/mol. The summed E-state index contributed by atoms with van der Waals surface area (Å²) in [6.45, 7) is 0. The van der Waals surface area contributed by atoms with E-state index in [0.717, 1.165) is 22.5 Å². The van der Waals surface area contributed by atoms with E-state index in [9.17, 15) is 9.18 Å². The lowest BCUT2D eigenvalue weighted by Crippen LogP contribution is -2.17. The van der Waals surface area contributed by atoms with E-state index in [4.69, 9.17) is 21.5 Å². The highest BCUT2D eigenvalue weighted by atomic mass is 35.5. The normalized spacial score (nSPS) is 10.8. The highest BCUT2D eigenvalue weighted by Crippen LogP contribution is 2.36. The first kappa shape index (κ1) is 22.1. The summed E-state index contributed by atoms with van der Waals surface area (Å²) in [5, 5.41) is 12.5. The molecule has 0 aliphatic heterocycles. The van der Waals surface area contributed by atoms with Gasteiger partial charge in [0.1, 0.15) is 23.7 Å². The third-order valence-corrected chi connectivity index (χ3v) is 5.70. The van der Waals surface area contributed by atoms with E-state index in [0.29, 0.717) is 29.2 Å². The number of rotatable bonds is 9. The van der Waals surface area contributed by atoms with Crippen molar-refractivity contribution < 1.29 is 19.1 Å². The van der Waals surface area contributed by atoms with Crippen molar-refractivity contribution in [2.45, 2.75) is 24.2 Å². The minimum Gasteiger partial charge on any atom is -0.496 e. The number of nitrogens with one attached hydrogen (secondary N) is 2. The highest BCUT2D eigenvalue weighted by Gasteiger charge is 2.12. The summed E-state index contributed by atoms with van der Waals surface area (Å²) >= 11 is 7.46. The summed E-state index contributed by atoms with van der Waals surface area (Å²) in [6.07, 6.45) is 3.17. The number of methoxy groups -OCH3 is 1. The number of thioether (sulfide) groups is 1. The Labute approximate surface area is 182 Å². The molecule has 158 valence electrons. The van der Waals surface area contributed by atoms with Crippen molar-refractivity contribution in [2.75, 3.05) is 18.2 Å². The molecule has 1 heterocycles. The number of halogens is 2. The molecule has 0 saturated heterocycles. The van der Waals surface area contributed by atoms with E-state index >= 15 is 0 Å². The number of carbonyl (C=O) groups is 1. The van der Waals surface area contributed by atoms with Gasteiger partial charge in [0.2, 0.25) is 5.91 Å². The number of carbonyl (C=O) groups excluding carboxylic acids is 1. The minimum atomic E-state index is -0.491. The third-order valence-electron chi connectivity index (χ3n) is 4.28. The van der Waals surface area contributed by atoms with Gasteiger partial charge in [-0.05, 0) is 42.9 Å². The molecule has 1 aromatic heterocycles. The van der Waals surface area contributed by atoms with Gasteiger partial charge in [0.15, 0.2) is 0 Å². The molecule has 30 heavy (non-hydrogen) atoms. The van der Waals surface area contributed by atoms with Crippen LogP contribution in [-0.2, 0) is 4.79 Å². The molecule has 3 aromatic rings. The number of aromatic nitrogens is 2. The number of fused-ring (bicyclic) bond motifs is 1. The zero-order valence-corrected chi connectivity index (χ0v) is 17.7. The third kappa shape index (κ3) is 5.50. The predicted octanol–water partition coefficient (Wildman–Crippen LogP) is 4.94. The minimum absolute atomic E-state index is 0.0196. The molecule has 0 bridgehead atoms. The van der Waals surface area contributed by atoms with Gasteiger partial charge in [0, 0.05) is 23.6 Å².